The average Bonchev–Trinajstić information content (AvgIpc) is 2.75. The number of hydrogen-bond donors (Lipinski definition) is 2. The fraction of sp³-hybridized carbons (Fsp3) is 0.0952. The lowest BCUT2D eigenvalue weighted by Crippen LogP contribution is -2.54. The van der Waals surface area contributed by atoms with Crippen molar-refractivity contribution < 1.29 is 33.4 Å². The van der Waals surface area contributed by atoms with Gasteiger partial charge in [-0.15, -0.1) is 0 Å². The predicted octanol–water partition coefficient (Wildman–Crippen LogP) is 1.66. The van der Waals surface area contributed by atoms with Crippen LogP contribution in [0.5, 0.6) is 5.75 Å². The number of nitrogens with zero attached hydrogens (tertiary/aromatic N) is 1. The molecule has 3 rings (SSSR count). The minimum Gasteiger partial charge on any atom is -0.482 e. The molecule has 2 aromatic carbocycles. The van der Waals surface area contributed by atoms with Crippen LogP contribution in [0, 0.1) is 0 Å². The van der Waals surface area contributed by atoms with Crippen LogP contribution in [0.2, 0.25) is 5.02 Å². The maximum absolute atomic E-state index is 12.9. The van der Waals surface area contributed by atoms with Crippen LogP contribution >= 0.6 is 11.6 Å². The molecule has 1 saturated heterocycles. The Kier molecular flexibility index (Phi) is 6.55. The molecule has 0 radical (unpaired) electrons. The molecule has 1 fully saturated rings. The summed E-state index contributed by atoms with van der Waals surface area (Å²) in [7, 11) is 1.23. The molecule has 11 heteroatoms. The van der Waals surface area contributed by atoms with Gasteiger partial charge in [0.25, 0.3) is 17.7 Å². The number of urea groups is 1. The number of carbonyl (C=O) groups excluding carboxylic acids is 5. The topological polar surface area (TPSA) is 145 Å². The lowest BCUT2D eigenvalue weighted by atomic mass is 10.1. The van der Waals surface area contributed by atoms with Gasteiger partial charge in [0.15, 0.2) is 6.61 Å². The van der Waals surface area contributed by atoms with Gasteiger partial charge in [-0.25, -0.2) is 14.5 Å². The van der Waals surface area contributed by atoms with Gasteiger partial charge < -0.3 is 15.2 Å². The zero-order valence-electron chi connectivity index (χ0n) is 16.6. The maximum Gasteiger partial charge on any atom is 0.337 e. The monoisotopic (exact) mass is 457 g/mol. The van der Waals surface area contributed by atoms with E-state index in [2.05, 4.69) is 10.1 Å². The molecule has 0 bridgehead atoms. The maximum atomic E-state index is 12.9. The van der Waals surface area contributed by atoms with E-state index in [-0.39, 0.29) is 34.2 Å². The number of benzene rings is 2. The smallest absolute Gasteiger partial charge is 0.337 e. The minimum absolute atomic E-state index is 0.121. The van der Waals surface area contributed by atoms with E-state index in [1.54, 1.807) is 0 Å². The third-order valence-electron chi connectivity index (χ3n) is 4.29. The Morgan fingerprint density at radius 2 is 1.81 bits per heavy atom. The molecule has 164 valence electrons. The molecule has 32 heavy (non-hydrogen) atoms. The van der Waals surface area contributed by atoms with Crippen molar-refractivity contribution in [3.8, 4) is 5.75 Å². The van der Waals surface area contributed by atoms with E-state index >= 15 is 0 Å². The Hall–Kier alpha value is -4.18. The van der Waals surface area contributed by atoms with Crippen molar-refractivity contribution >= 4 is 53.1 Å². The van der Waals surface area contributed by atoms with E-state index in [0.29, 0.717) is 5.56 Å². The summed E-state index contributed by atoms with van der Waals surface area (Å²) >= 11 is 6.11. The number of hydrogen-bond acceptors (Lipinski definition) is 7. The number of ether oxygens (including phenoxy) is 2. The highest BCUT2D eigenvalue weighted by Crippen LogP contribution is 2.28. The molecule has 0 aromatic heterocycles. The molecule has 0 atom stereocenters. The van der Waals surface area contributed by atoms with Gasteiger partial charge >= 0.3 is 12.0 Å². The van der Waals surface area contributed by atoms with E-state index in [4.69, 9.17) is 22.1 Å². The SMILES string of the molecule is COC(=O)c1ccc(N2C(=O)NC(=O)/C(=C\c3ccc(OCC(N)=O)c(Cl)c3)C2=O)cc1. The number of carbonyl (C=O) groups is 5. The Labute approximate surface area is 186 Å². The summed E-state index contributed by atoms with van der Waals surface area (Å²) in [5.41, 5.74) is 5.45. The highest BCUT2D eigenvalue weighted by atomic mass is 35.5. The minimum atomic E-state index is -0.934. The first kappa shape index (κ1) is 22.5. The quantitative estimate of drug-likeness (QED) is 0.381. The Morgan fingerprint density at radius 1 is 1.12 bits per heavy atom. The third kappa shape index (κ3) is 4.76. The van der Waals surface area contributed by atoms with Gasteiger partial charge in [0.1, 0.15) is 11.3 Å². The third-order valence-corrected chi connectivity index (χ3v) is 4.58. The molecular weight excluding hydrogens is 442 g/mol. The van der Waals surface area contributed by atoms with Crippen molar-refractivity contribution in [2.75, 3.05) is 18.6 Å². The first-order valence-electron chi connectivity index (χ1n) is 9.01. The van der Waals surface area contributed by atoms with Crippen molar-refractivity contribution in [1.82, 2.24) is 5.32 Å². The van der Waals surface area contributed by atoms with Crippen molar-refractivity contribution in [1.29, 1.82) is 0 Å². The van der Waals surface area contributed by atoms with E-state index in [9.17, 15) is 24.0 Å². The molecule has 0 saturated carbocycles. The molecule has 3 N–H and O–H groups in total. The lowest BCUT2D eigenvalue weighted by Gasteiger charge is -2.26. The van der Waals surface area contributed by atoms with E-state index < -0.39 is 29.7 Å². The summed E-state index contributed by atoms with van der Waals surface area (Å²) in [6, 6.07) is 8.93. The Balaban J connectivity index is 1.89. The second-order valence-electron chi connectivity index (χ2n) is 6.44. The molecule has 10 nitrogen and oxygen atoms in total. The van der Waals surface area contributed by atoms with Gasteiger partial charge in [-0.2, -0.15) is 0 Å². The zero-order chi connectivity index (χ0) is 23.4. The number of halogens is 1. The fourth-order valence-electron chi connectivity index (χ4n) is 2.80. The van der Waals surface area contributed by atoms with Crippen LogP contribution in [0.4, 0.5) is 10.5 Å². The van der Waals surface area contributed by atoms with Crippen molar-refractivity contribution in [2.24, 2.45) is 5.73 Å². The standard InChI is InChI=1S/C21H16ClN3O7/c1-31-20(29)12-3-5-13(6-4-12)25-19(28)14(18(27)24-21(25)30)8-11-2-7-16(15(22)9-11)32-10-17(23)26/h2-9H,10H2,1H3,(H2,23,26)(H,24,27,30)/b14-8+. The number of amides is 5. The number of rotatable bonds is 6. The number of methoxy groups -OCH3 is 1. The van der Waals surface area contributed by atoms with Crippen LogP contribution < -0.4 is 20.7 Å². The lowest BCUT2D eigenvalue weighted by molar-refractivity contribution is -0.123. The summed E-state index contributed by atoms with van der Waals surface area (Å²) in [5, 5.41) is 2.22. The van der Waals surface area contributed by atoms with E-state index in [1.165, 1.54) is 55.7 Å². The molecule has 1 heterocycles. The van der Waals surface area contributed by atoms with Crippen LogP contribution in [0.25, 0.3) is 6.08 Å². The molecule has 2 aromatic rings. The summed E-state index contributed by atoms with van der Waals surface area (Å²) in [5.74, 6) is -2.82. The first-order valence-corrected chi connectivity index (χ1v) is 9.39. The van der Waals surface area contributed by atoms with Gasteiger partial charge in [-0.3, -0.25) is 19.7 Å². The van der Waals surface area contributed by atoms with E-state index in [0.717, 1.165) is 4.90 Å². The number of barbiturate groups is 1. The van der Waals surface area contributed by atoms with Gasteiger partial charge in [0.05, 0.1) is 23.4 Å². The number of nitrogens with two attached hydrogens (primary N) is 1. The van der Waals surface area contributed by atoms with Crippen LogP contribution in [-0.4, -0.2) is 43.4 Å². The van der Waals surface area contributed by atoms with Crippen molar-refractivity contribution in [3.05, 3.63) is 64.2 Å². The number of imide groups is 2. The fourth-order valence-corrected chi connectivity index (χ4v) is 3.04. The molecular formula is C21H16ClN3O7. The molecule has 5 amide bonds. The van der Waals surface area contributed by atoms with E-state index in [1.807, 2.05) is 0 Å². The summed E-state index contributed by atoms with van der Waals surface area (Å²) in [4.78, 5) is 60.7. The Morgan fingerprint density at radius 3 is 2.41 bits per heavy atom. The zero-order valence-corrected chi connectivity index (χ0v) is 17.3. The summed E-state index contributed by atoms with van der Waals surface area (Å²) in [6.07, 6.45) is 1.25. The first-order chi connectivity index (χ1) is 15.2. The van der Waals surface area contributed by atoms with Gasteiger partial charge in [0.2, 0.25) is 0 Å². The highest BCUT2D eigenvalue weighted by Gasteiger charge is 2.36. The summed E-state index contributed by atoms with van der Waals surface area (Å²) < 4.78 is 9.76. The number of primary amides is 1. The van der Waals surface area contributed by atoms with Crippen LogP contribution in [-0.2, 0) is 19.1 Å². The van der Waals surface area contributed by atoms with Crippen molar-refractivity contribution in [2.45, 2.75) is 0 Å². The second kappa shape index (κ2) is 9.31. The van der Waals surface area contributed by atoms with Crippen LogP contribution in [0.15, 0.2) is 48.0 Å². The van der Waals surface area contributed by atoms with Gasteiger partial charge in [0, 0.05) is 0 Å². The van der Waals surface area contributed by atoms with Gasteiger partial charge in [-0.05, 0) is 48.0 Å². The normalized spacial score (nSPS) is 14.9. The Bertz CT molecular complexity index is 1160. The molecule has 0 aliphatic carbocycles. The number of esters is 1. The number of nitrogens with one attached hydrogen (secondary N) is 1. The average molecular weight is 458 g/mol. The molecule has 0 spiro atoms. The molecule has 0 unspecified atom stereocenters. The highest BCUT2D eigenvalue weighted by molar-refractivity contribution is 6.39. The largest absolute Gasteiger partial charge is 0.482 e. The summed E-state index contributed by atoms with van der Waals surface area (Å²) in [6.45, 7) is -0.368. The van der Waals surface area contributed by atoms with Crippen LogP contribution in [0.1, 0.15) is 15.9 Å². The number of anilines is 1. The van der Waals surface area contributed by atoms with Crippen molar-refractivity contribution in [3.63, 3.8) is 0 Å². The molecule has 1 aliphatic rings. The molecule has 1 aliphatic heterocycles. The second-order valence-corrected chi connectivity index (χ2v) is 6.85. The van der Waals surface area contributed by atoms with Gasteiger partial charge in [-0.1, -0.05) is 17.7 Å². The predicted molar refractivity (Wildman–Crippen MR) is 113 cm³/mol. The van der Waals surface area contributed by atoms with Crippen LogP contribution in [0.3, 0.4) is 0 Å².